The second-order valence-electron chi connectivity index (χ2n) is 9.23. The normalized spacial score (nSPS) is 14.6. The Morgan fingerprint density at radius 2 is 1.89 bits per heavy atom. The first-order valence-electron chi connectivity index (χ1n) is 11.3. The van der Waals surface area contributed by atoms with Gasteiger partial charge in [0.15, 0.2) is 16.6 Å². The topological polar surface area (TPSA) is 74.1 Å². The number of benzene rings is 2. The first-order valence-corrected chi connectivity index (χ1v) is 12.7. The van der Waals surface area contributed by atoms with E-state index in [-0.39, 0.29) is 22.7 Å². The van der Waals surface area contributed by atoms with Crippen LogP contribution >= 0.6 is 23.4 Å². The third kappa shape index (κ3) is 4.76. The van der Waals surface area contributed by atoms with Gasteiger partial charge in [-0.2, -0.15) is 0 Å². The van der Waals surface area contributed by atoms with Crippen LogP contribution in [0.5, 0.6) is 0 Å². The van der Waals surface area contributed by atoms with E-state index in [9.17, 15) is 9.59 Å². The van der Waals surface area contributed by atoms with Gasteiger partial charge in [-0.25, -0.2) is 9.97 Å². The first kappa shape index (κ1) is 23.7. The average Bonchev–Trinajstić information content (AvgIpc) is 2.82. The summed E-state index contributed by atoms with van der Waals surface area (Å²) in [6.45, 7) is 6.39. The van der Waals surface area contributed by atoms with Gasteiger partial charge < -0.3 is 4.74 Å². The zero-order valence-corrected chi connectivity index (χ0v) is 21.2. The fourth-order valence-electron chi connectivity index (χ4n) is 4.15. The zero-order chi connectivity index (χ0) is 24.7. The van der Waals surface area contributed by atoms with Gasteiger partial charge in [0.05, 0.1) is 34.7 Å². The van der Waals surface area contributed by atoms with Crippen LogP contribution in [0.15, 0.2) is 64.5 Å². The monoisotopic (exact) mass is 505 g/mol. The molecule has 0 aliphatic carbocycles. The number of hydrogen-bond acceptors (Lipinski definition) is 6. The molecule has 1 aliphatic rings. The standard InChI is InChI=1S/C27H24ClN3O3S/c1-16-6-4-5-7-22(16)31-25(33)20-12-18-14-34-27(2,3)13-21(18)29-24(20)30-26(31)35-15-23(32)17-8-10-19(28)11-9-17/h4-12H,13-15H2,1-3H3. The van der Waals surface area contributed by atoms with Crippen molar-refractivity contribution in [2.24, 2.45) is 0 Å². The van der Waals surface area contributed by atoms with Crippen LogP contribution < -0.4 is 5.56 Å². The van der Waals surface area contributed by atoms with E-state index < -0.39 is 0 Å². The largest absolute Gasteiger partial charge is 0.370 e. The quantitative estimate of drug-likeness (QED) is 0.200. The first-order chi connectivity index (χ1) is 16.7. The Kier molecular flexibility index (Phi) is 6.25. The molecule has 0 spiro atoms. The van der Waals surface area contributed by atoms with Gasteiger partial charge in [-0.05, 0) is 62.7 Å². The number of carbonyl (C=O) groups is 1. The van der Waals surface area contributed by atoms with Crippen molar-refractivity contribution in [1.29, 1.82) is 0 Å². The lowest BCUT2D eigenvalue weighted by Gasteiger charge is -2.31. The smallest absolute Gasteiger partial charge is 0.268 e. The van der Waals surface area contributed by atoms with Crippen molar-refractivity contribution in [3.05, 3.63) is 92.4 Å². The molecule has 0 atom stereocenters. The molecule has 3 heterocycles. The Bertz CT molecular complexity index is 1510. The lowest BCUT2D eigenvalue weighted by atomic mass is 9.95. The molecule has 0 unspecified atom stereocenters. The average molecular weight is 506 g/mol. The lowest BCUT2D eigenvalue weighted by molar-refractivity contribution is -0.0411. The molecule has 0 amide bonds. The van der Waals surface area contributed by atoms with Gasteiger partial charge in [-0.1, -0.05) is 41.6 Å². The second kappa shape index (κ2) is 9.22. The highest BCUT2D eigenvalue weighted by Crippen LogP contribution is 2.29. The van der Waals surface area contributed by atoms with Crippen LogP contribution in [-0.2, 0) is 17.8 Å². The predicted molar refractivity (Wildman–Crippen MR) is 139 cm³/mol. The van der Waals surface area contributed by atoms with Crippen LogP contribution in [0.2, 0.25) is 5.02 Å². The number of hydrogen-bond donors (Lipinski definition) is 0. The Morgan fingerprint density at radius 1 is 1.14 bits per heavy atom. The Labute approximate surface area is 212 Å². The number of nitrogens with zero attached hydrogens (tertiary/aromatic N) is 3. The summed E-state index contributed by atoms with van der Waals surface area (Å²) in [7, 11) is 0. The van der Waals surface area contributed by atoms with Crippen LogP contribution in [0.4, 0.5) is 0 Å². The number of para-hydroxylation sites is 1. The predicted octanol–water partition coefficient (Wildman–Crippen LogP) is 5.57. The molecule has 35 heavy (non-hydrogen) atoms. The van der Waals surface area contributed by atoms with Crippen molar-refractivity contribution in [2.45, 2.75) is 44.6 Å². The zero-order valence-electron chi connectivity index (χ0n) is 19.7. The van der Waals surface area contributed by atoms with Crippen LogP contribution in [0.1, 0.15) is 41.0 Å². The van der Waals surface area contributed by atoms with Crippen LogP contribution in [0.25, 0.3) is 16.7 Å². The molecule has 178 valence electrons. The maximum atomic E-state index is 13.8. The molecule has 4 aromatic rings. The second-order valence-corrected chi connectivity index (χ2v) is 10.6. The van der Waals surface area contributed by atoms with Crippen LogP contribution in [0, 0.1) is 6.92 Å². The molecule has 6 nitrogen and oxygen atoms in total. The SMILES string of the molecule is Cc1ccccc1-n1c(SCC(=O)c2ccc(Cl)cc2)nc2nc3c(cc2c1=O)COC(C)(C)C3. The molecular weight excluding hydrogens is 482 g/mol. The molecule has 2 aromatic carbocycles. The number of Topliss-reactive ketones (excluding diaryl/α,β-unsaturated/α-hetero) is 1. The maximum Gasteiger partial charge on any atom is 0.268 e. The number of rotatable bonds is 5. The lowest BCUT2D eigenvalue weighted by Crippen LogP contribution is -2.33. The molecule has 1 aliphatic heterocycles. The Morgan fingerprint density at radius 3 is 2.63 bits per heavy atom. The van der Waals surface area contributed by atoms with Crippen molar-refractivity contribution in [3.63, 3.8) is 0 Å². The third-order valence-electron chi connectivity index (χ3n) is 6.06. The van der Waals surface area contributed by atoms with E-state index in [1.807, 2.05) is 51.1 Å². The summed E-state index contributed by atoms with van der Waals surface area (Å²) in [4.78, 5) is 36.2. The summed E-state index contributed by atoms with van der Waals surface area (Å²) in [6.07, 6.45) is 0.637. The van der Waals surface area contributed by atoms with Crippen molar-refractivity contribution in [1.82, 2.24) is 14.5 Å². The van der Waals surface area contributed by atoms with Gasteiger partial charge in [0, 0.05) is 22.6 Å². The van der Waals surface area contributed by atoms with Crippen LogP contribution in [-0.4, -0.2) is 31.7 Å². The van der Waals surface area contributed by atoms with E-state index in [1.54, 1.807) is 28.8 Å². The van der Waals surface area contributed by atoms with Crippen molar-refractivity contribution in [2.75, 3.05) is 5.75 Å². The van der Waals surface area contributed by atoms with E-state index in [0.29, 0.717) is 39.8 Å². The number of aryl methyl sites for hydroxylation is 1. The number of fused-ring (bicyclic) bond motifs is 2. The molecule has 0 bridgehead atoms. The summed E-state index contributed by atoms with van der Waals surface area (Å²) >= 11 is 7.18. The summed E-state index contributed by atoms with van der Waals surface area (Å²) in [5, 5.41) is 1.43. The highest BCUT2D eigenvalue weighted by atomic mass is 35.5. The minimum absolute atomic E-state index is 0.0744. The molecule has 0 N–H and O–H groups in total. The van der Waals surface area contributed by atoms with E-state index >= 15 is 0 Å². The van der Waals surface area contributed by atoms with Crippen molar-refractivity contribution in [3.8, 4) is 5.69 Å². The fourth-order valence-corrected chi connectivity index (χ4v) is 5.16. The number of ketones is 1. The van der Waals surface area contributed by atoms with E-state index in [0.717, 1.165) is 22.5 Å². The van der Waals surface area contributed by atoms with Gasteiger partial charge in [0.25, 0.3) is 5.56 Å². The number of pyridine rings is 1. The molecule has 2 aromatic heterocycles. The van der Waals surface area contributed by atoms with E-state index in [4.69, 9.17) is 26.3 Å². The number of ether oxygens (including phenoxy) is 1. The molecular formula is C27H24ClN3O3S. The highest BCUT2D eigenvalue weighted by Gasteiger charge is 2.28. The van der Waals surface area contributed by atoms with Gasteiger partial charge >= 0.3 is 0 Å². The van der Waals surface area contributed by atoms with Gasteiger partial charge in [0.1, 0.15) is 0 Å². The number of halogens is 1. The Hall–Kier alpha value is -3.00. The van der Waals surface area contributed by atoms with Crippen molar-refractivity contribution >= 4 is 40.2 Å². The third-order valence-corrected chi connectivity index (χ3v) is 7.25. The summed E-state index contributed by atoms with van der Waals surface area (Å²) < 4.78 is 7.52. The van der Waals surface area contributed by atoms with Crippen molar-refractivity contribution < 1.29 is 9.53 Å². The summed E-state index contributed by atoms with van der Waals surface area (Å²) in [5.74, 6) is 0.0479. The molecule has 0 fully saturated rings. The molecule has 8 heteroatoms. The summed E-state index contributed by atoms with van der Waals surface area (Å²) in [6, 6.07) is 16.3. The van der Waals surface area contributed by atoms with Gasteiger partial charge in [0.2, 0.25) is 0 Å². The number of aromatic nitrogens is 3. The fraction of sp³-hybridized carbons (Fsp3) is 0.259. The number of thioether (sulfide) groups is 1. The van der Waals surface area contributed by atoms with E-state index in [2.05, 4.69) is 0 Å². The van der Waals surface area contributed by atoms with Gasteiger partial charge in [-0.3, -0.25) is 14.2 Å². The minimum Gasteiger partial charge on any atom is -0.370 e. The molecule has 0 radical (unpaired) electrons. The van der Waals surface area contributed by atoms with Crippen LogP contribution in [0.3, 0.4) is 0 Å². The minimum atomic E-state index is -0.327. The van der Waals surface area contributed by atoms with Gasteiger partial charge in [-0.15, -0.1) is 0 Å². The maximum absolute atomic E-state index is 13.8. The number of carbonyl (C=O) groups excluding carboxylic acids is 1. The summed E-state index contributed by atoms with van der Waals surface area (Å²) in [5.41, 5.74) is 3.85. The molecule has 0 saturated heterocycles. The van der Waals surface area contributed by atoms with E-state index in [1.165, 1.54) is 11.8 Å². The molecule has 5 rings (SSSR count). The molecule has 0 saturated carbocycles. The Balaban J connectivity index is 1.62. The highest BCUT2D eigenvalue weighted by molar-refractivity contribution is 7.99.